The van der Waals surface area contributed by atoms with Crippen LogP contribution in [0.3, 0.4) is 0 Å². The molecule has 136 valence electrons. The van der Waals surface area contributed by atoms with Crippen molar-refractivity contribution in [3.63, 3.8) is 0 Å². The van der Waals surface area contributed by atoms with E-state index in [4.69, 9.17) is 11.6 Å². The van der Waals surface area contributed by atoms with E-state index in [0.29, 0.717) is 32.5 Å². The summed E-state index contributed by atoms with van der Waals surface area (Å²) in [5.74, 6) is -1.82. The molecule has 2 aromatic carbocycles. The van der Waals surface area contributed by atoms with Crippen LogP contribution in [0.4, 0.5) is 13.9 Å². The number of benzene rings is 2. The van der Waals surface area contributed by atoms with Crippen molar-refractivity contribution in [2.75, 3.05) is 5.32 Å². The largest absolute Gasteiger partial charge is 0.357 e. The molecule has 4 rings (SSSR count). The highest BCUT2D eigenvalue weighted by molar-refractivity contribution is 7.14. The van der Waals surface area contributed by atoms with Crippen molar-refractivity contribution >= 4 is 39.0 Å². The Bertz CT molecular complexity index is 1210. The van der Waals surface area contributed by atoms with Gasteiger partial charge in [0.25, 0.3) is 5.56 Å². The fourth-order valence-electron chi connectivity index (χ4n) is 2.67. The Hall–Kier alpha value is -2.77. The zero-order valence-electron chi connectivity index (χ0n) is 13.7. The van der Waals surface area contributed by atoms with Gasteiger partial charge in [0.2, 0.25) is 0 Å². The lowest BCUT2D eigenvalue weighted by molar-refractivity contribution is 0.509. The summed E-state index contributed by atoms with van der Waals surface area (Å²) in [7, 11) is 0. The average Bonchev–Trinajstić information content (AvgIpc) is 3.11. The molecule has 2 N–H and O–H groups in total. The van der Waals surface area contributed by atoms with E-state index in [-0.39, 0.29) is 12.1 Å². The Balaban J connectivity index is 1.55. The molecule has 8 heteroatoms. The lowest BCUT2D eigenvalue weighted by Gasteiger charge is -2.05. The molecule has 0 radical (unpaired) electrons. The third kappa shape index (κ3) is 3.70. The first-order valence-electron chi connectivity index (χ1n) is 7.96. The monoisotopic (exact) mass is 403 g/mol. The second kappa shape index (κ2) is 7.09. The number of aromatic amines is 1. The number of aromatic nitrogens is 2. The van der Waals surface area contributed by atoms with Crippen LogP contribution in [-0.4, -0.2) is 9.97 Å². The van der Waals surface area contributed by atoms with E-state index in [0.717, 1.165) is 17.5 Å². The minimum Gasteiger partial charge on any atom is -0.357 e. The summed E-state index contributed by atoms with van der Waals surface area (Å²) in [6, 6.07) is 10.7. The van der Waals surface area contributed by atoms with Crippen LogP contribution in [0.5, 0.6) is 0 Å². The second-order valence-electron chi connectivity index (χ2n) is 5.88. The number of nitrogens with one attached hydrogen (secondary N) is 2. The molecule has 2 heterocycles. The Morgan fingerprint density at radius 1 is 1.11 bits per heavy atom. The first-order valence-corrected chi connectivity index (χ1v) is 9.21. The lowest BCUT2D eigenvalue weighted by Crippen LogP contribution is -2.15. The normalized spacial score (nSPS) is 11.1. The molecular weight excluding hydrogens is 392 g/mol. The number of hydrogen-bond donors (Lipinski definition) is 2. The average molecular weight is 404 g/mol. The molecule has 0 aliphatic carbocycles. The summed E-state index contributed by atoms with van der Waals surface area (Å²) >= 11 is 7.31. The highest BCUT2D eigenvalue weighted by Crippen LogP contribution is 2.26. The molecular formula is C19H12ClF2N3OS. The molecule has 0 aliphatic heterocycles. The molecule has 0 spiro atoms. The number of halogens is 3. The number of nitrogens with zero attached hydrogens (tertiary/aromatic N) is 1. The number of H-pyrrole nitrogens is 1. The van der Waals surface area contributed by atoms with Gasteiger partial charge in [-0.05, 0) is 42.5 Å². The van der Waals surface area contributed by atoms with Gasteiger partial charge < -0.3 is 10.3 Å². The SMILES string of the molecule is O=c1[nH]c2ccc(Cl)cc2cc1CNc1nc(-c2ccc(F)c(F)c2)cs1. The molecule has 0 amide bonds. The number of anilines is 1. The van der Waals surface area contributed by atoms with Gasteiger partial charge in [-0.1, -0.05) is 11.6 Å². The first kappa shape index (κ1) is 17.6. The zero-order chi connectivity index (χ0) is 19.0. The molecule has 0 fully saturated rings. The Kier molecular flexibility index (Phi) is 4.63. The van der Waals surface area contributed by atoms with Gasteiger partial charge in [-0.3, -0.25) is 4.79 Å². The van der Waals surface area contributed by atoms with Gasteiger partial charge in [0.05, 0.1) is 5.69 Å². The summed E-state index contributed by atoms with van der Waals surface area (Å²) in [4.78, 5) is 19.4. The second-order valence-corrected chi connectivity index (χ2v) is 7.17. The van der Waals surface area contributed by atoms with Crippen molar-refractivity contribution < 1.29 is 8.78 Å². The molecule has 0 bridgehead atoms. The van der Waals surface area contributed by atoms with Crippen molar-refractivity contribution in [2.45, 2.75) is 6.54 Å². The Morgan fingerprint density at radius 2 is 1.96 bits per heavy atom. The van der Waals surface area contributed by atoms with Crippen LogP contribution in [0.1, 0.15) is 5.56 Å². The van der Waals surface area contributed by atoms with Crippen LogP contribution in [0, 0.1) is 11.6 Å². The van der Waals surface area contributed by atoms with Crippen LogP contribution in [0.25, 0.3) is 22.2 Å². The van der Waals surface area contributed by atoms with E-state index in [1.165, 1.54) is 17.4 Å². The fourth-order valence-corrected chi connectivity index (χ4v) is 3.57. The molecule has 4 aromatic rings. The third-order valence-electron chi connectivity index (χ3n) is 4.03. The molecule has 0 saturated carbocycles. The molecule has 2 aromatic heterocycles. The van der Waals surface area contributed by atoms with Crippen molar-refractivity contribution in [2.24, 2.45) is 0 Å². The number of fused-ring (bicyclic) bond motifs is 1. The molecule has 27 heavy (non-hydrogen) atoms. The number of hydrogen-bond acceptors (Lipinski definition) is 4. The number of pyridine rings is 1. The van der Waals surface area contributed by atoms with E-state index in [9.17, 15) is 13.6 Å². The number of thiazole rings is 1. The number of rotatable bonds is 4. The van der Waals surface area contributed by atoms with Gasteiger partial charge in [-0.25, -0.2) is 13.8 Å². The van der Waals surface area contributed by atoms with Crippen LogP contribution in [-0.2, 0) is 6.54 Å². The van der Waals surface area contributed by atoms with Crippen LogP contribution in [0.2, 0.25) is 5.02 Å². The third-order valence-corrected chi connectivity index (χ3v) is 5.07. The summed E-state index contributed by atoms with van der Waals surface area (Å²) in [5, 5.41) is 6.81. The minimum atomic E-state index is -0.920. The maximum Gasteiger partial charge on any atom is 0.253 e. The topological polar surface area (TPSA) is 57.8 Å². The van der Waals surface area contributed by atoms with Crippen LogP contribution in [0.15, 0.2) is 52.6 Å². The van der Waals surface area contributed by atoms with Gasteiger partial charge in [0.1, 0.15) is 0 Å². The molecule has 0 aliphatic rings. The van der Waals surface area contributed by atoms with Crippen LogP contribution >= 0.6 is 22.9 Å². The van der Waals surface area contributed by atoms with E-state index in [1.807, 2.05) is 0 Å². The molecule has 0 unspecified atom stereocenters. The summed E-state index contributed by atoms with van der Waals surface area (Å²) in [6.07, 6.45) is 0. The maximum atomic E-state index is 13.4. The van der Waals surface area contributed by atoms with Crippen molar-refractivity contribution in [1.82, 2.24) is 9.97 Å². The van der Waals surface area contributed by atoms with Gasteiger partial charge >= 0.3 is 0 Å². The van der Waals surface area contributed by atoms with Crippen molar-refractivity contribution in [3.05, 3.63) is 80.4 Å². The van der Waals surface area contributed by atoms with E-state index >= 15 is 0 Å². The maximum absolute atomic E-state index is 13.4. The Labute approximate surface area is 161 Å². The van der Waals surface area contributed by atoms with E-state index < -0.39 is 11.6 Å². The van der Waals surface area contributed by atoms with Gasteiger partial charge in [-0.15, -0.1) is 11.3 Å². The smallest absolute Gasteiger partial charge is 0.253 e. The van der Waals surface area contributed by atoms with Gasteiger partial charge in [0.15, 0.2) is 16.8 Å². The molecule has 0 atom stereocenters. The van der Waals surface area contributed by atoms with Crippen molar-refractivity contribution in [1.29, 1.82) is 0 Å². The minimum absolute atomic E-state index is 0.199. The predicted octanol–water partition coefficient (Wildman–Crippen LogP) is 5.20. The predicted molar refractivity (Wildman–Crippen MR) is 104 cm³/mol. The first-order chi connectivity index (χ1) is 13.0. The molecule has 4 nitrogen and oxygen atoms in total. The van der Waals surface area contributed by atoms with Gasteiger partial charge in [-0.2, -0.15) is 0 Å². The van der Waals surface area contributed by atoms with Crippen LogP contribution < -0.4 is 10.9 Å². The summed E-state index contributed by atoms with van der Waals surface area (Å²) < 4.78 is 26.4. The van der Waals surface area contributed by atoms with Crippen molar-refractivity contribution in [3.8, 4) is 11.3 Å². The summed E-state index contributed by atoms with van der Waals surface area (Å²) in [5.41, 5.74) is 2.06. The van der Waals surface area contributed by atoms with E-state index in [2.05, 4.69) is 15.3 Å². The molecule has 0 saturated heterocycles. The Morgan fingerprint density at radius 3 is 2.78 bits per heavy atom. The van der Waals surface area contributed by atoms with E-state index in [1.54, 1.807) is 29.6 Å². The lowest BCUT2D eigenvalue weighted by atomic mass is 10.1. The fraction of sp³-hybridized carbons (Fsp3) is 0.0526. The quantitative estimate of drug-likeness (QED) is 0.492. The van der Waals surface area contributed by atoms with Gasteiger partial charge in [0, 0.05) is 39.0 Å². The standard InChI is InChI=1S/C19H12ClF2N3OS/c20-13-2-4-16-11(6-13)5-12(18(26)24-16)8-23-19-25-17(9-27-19)10-1-3-14(21)15(22)7-10/h1-7,9H,8H2,(H,23,25)(H,24,26). The highest BCUT2D eigenvalue weighted by atomic mass is 35.5. The zero-order valence-corrected chi connectivity index (χ0v) is 15.3. The summed E-state index contributed by atoms with van der Waals surface area (Å²) in [6.45, 7) is 0.266. The highest BCUT2D eigenvalue weighted by Gasteiger charge is 2.09.